The van der Waals surface area contributed by atoms with Crippen molar-refractivity contribution in [1.82, 2.24) is 4.98 Å². The van der Waals surface area contributed by atoms with Crippen LogP contribution in [0.1, 0.15) is 21.6 Å². The fraction of sp³-hybridized carbons (Fsp3) is 0.167. The van der Waals surface area contributed by atoms with Gasteiger partial charge in [-0.05, 0) is 24.6 Å². The number of thiazole rings is 1. The molecule has 1 heterocycles. The van der Waals surface area contributed by atoms with Crippen molar-refractivity contribution < 1.29 is 9.90 Å². The van der Waals surface area contributed by atoms with E-state index in [9.17, 15) is 4.79 Å². The smallest absolute Gasteiger partial charge is 0.335 e. The van der Waals surface area contributed by atoms with Gasteiger partial charge in [0.25, 0.3) is 0 Å². The maximum absolute atomic E-state index is 10.7. The number of hydrogen-bond acceptors (Lipinski definition) is 5. The van der Waals surface area contributed by atoms with Gasteiger partial charge in [0.15, 0.2) is 5.13 Å². The lowest BCUT2D eigenvalue weighted by Gasteiger charge is -2.01. The van der Waals surface area contributed by atoms with E-state index in [-0.39, 0.29) is 0 Å². The fourth-order valence-electron chi connectivity index (χ4n) is 1.43. The minimum Gasteiger partial charge on any atom is -0.478 e. The lowest BCUT2D eigenvalue weighted by molar-refractivity contribution is 0.0697. The summed E-state index contributed by atoms with van der Waals surface area (Å²) in [7, 11) is 0. The van der Waals surface area contributed by atoms with Gasteiger partial charge < -0.3 is 10.8 Å². The Labute approximate surface area is 113 Å². The highest BCUT2D eigenvalue weighted by Crippen LogP contribution is 2.32. The molecule has 0 fully saturated rings. The summed E-state index contributed by atoms with van der Waals surface area (Å²) in [6, 6.07) is 6.89. The van der Waals surface area contributed by atoms with Gasteiger partial charge in [-0.25, -0.2) is 9.78 Å². The summed E-state index contributed by atoms with van der Waals surface area (Å²) in [4.78, 5) is 14.9. The van der Waals surface area contributed by atoms with Gasteiger partial charge in [0.2, 0.25) is 0 Å². The zero-order valence-electron chi connectivity index (χ0n) is 9.71. The number of nitrogens with two attached hydrogens (primary N) is 1. The second-order valence-electron chi connectivity index (χ2n) is 3.72. The maximum Gasteiger partial charge on any atom is 0.335 e. The molecule has 6 heteroatoms. The minimum absolute atomic E-state index is 0.307. The third kappa shape index (κ3) is 3.02. The van der Waals surface area contributed by atoms with Crippen LogP contribution in [0.4, 0.5) is 5.13 Å². The molecule has 1 aromatic carbocycles. The molecule has 0 saturated heterocycles. The molecule has 0 unspecified atom stereocenters. The predicted molar refractivity (Wildman–Crippen MR) is 74.2 cm³/mol. The Bertz CT molecular complexity index is 564. The molecule has 0 amide bonds. The normalized spacial score (nSPS) is 10.5. The molecule has 0 bridgehead atoms. The first-order valence-corrected chi connectivity index (χ1v) is 7.04. The number of carboxylic acids is 1. The standard InChI is InChI=1S/C12H12N2O2S2/c1-7-11(18-12(13)14-7)17-6-8-2-4-9(5-3-8)10(15)16/h2-5H,6H2,1H3,(H2,13,14)(H,15,16). The summed E-state index contributed by atoms with van der Waals surface area (Å²) in [5.41, 5.74) is 7.97. The number of benzene rings is 1. The van der Waals surface area contributed by atoms with Crippen LogP contribution in [0.25, 0.3) is 0 Å². The number of nitrogens with zero attached hydrogens (tertiary/aromatic N) is 1. The number of carbonyl (C=O) groups is 1. The van der Waals surface area contributed by atoms with Crippen LogP contribution in [0.3, 0.4) is 0 Å². The molecule has 0 spiro atoms. The van der Waals surface area contributed by atoms with E-state index in [1.54, 1.807) is 23.9 Å². The first-order chi connectivity index (χ1) is 8.56. The number of aromatic carboxylic acids is 1. The summed E-state index contributed by atoms with van der Waals surface area (Å²) in [5, 5.41) is 9.38. The van der Waals surface area contributed by atoms with Gasteiger partial charge in [-0.3, -0.25) is 0 Å². The molecule has 18 heavy (non-hydrogen) atoms. The lowest BCUT2D eigenvalue weighted by Crippen LogP contribution is -1.95. The molecule has 4 nitrogen and oxygen atoms in total. The fourth-order valence-corrected chi connectivity index (χ4v) is 3.41. The van der Waals surface area contributed by atoms with Gasteiger partial charge in [0.05, 0.1) is 15.5 Å². The molecule has 0 atom stereocenters. The zero-order chi connectivity index (χ0) is 13.1. The highest BCUT2D eigenvalue weighted by molar-refractivity contribution is 8.00. The lowest BCUT2D eigenvalue weighted by atomic mass is 10.1. The van der Waals surface area contributed by atoms with E-state index in [1.165, 1.54) is 11.3 Å². The summed E-state index contributed by atoms with van der Waals surface area (Å²) >= 11 is 3.14. The van der Waals surface area contributed by atoms with E-state index in [2.05, 4.69) is 4.98 Å². The Morgan fingerprint density at radius 1 is 1.44 bits per heavy atom. The van der Waals surface area contributed by atoms with Crippen molar-refractivity contribution >= 4 is 34.2 Å². The van der Waals surface area contributed by atoms with Crippen molar-refractivity contribution in [3.8, 4) is 0 Å². The number of carboxylic acid groups (broad SMARTS) is 1. The average Bonchev–Trinajstić information content (AvgIpc) is 2.66. The van der Waals surface area contributed by atoms with E-state index in [4.69, 9.17) is 10.8 Å². The zero-order valence-corrected chi connectivity index (χ0v) is 11.3. The first kappa shape index (κ1) is 12.9. The van der Waals surface area contributed by atoms with Crippen LogP contribution in [0, 0.1) is 6.92 Å². The Morgan fingerprint density at radius 2 is 2.11 bits per heavy atom. The van der Waals surface area contributed by atoms with Crippen LogP contribution in [-0.4, -0.2) is 16.1 Å². The number of thioether (sulfide) groups is 1. The quantitative estimate of drug-likeness (QED) is 0.842. The monoisotopic (exact) mass is 280 g/mol. The Balaban J connectivity index is 2.02. The molecule has 94 valence electrons. The van der Waals surface area contributed by atoms with E-state index >= 15 is 0 Å². The molecule has 3 N–H and O–H groups in total. The Morgan fingerprint density at radius 3 is 2.61 bits per heavy atom. The van der Waals surface area contributed by atoms with Gasteiger partial charge in [0.1, 0.15) is 0 Å². The summed E-state index contributed by atoms with van der Waals surface area (Å²) < 4.78 is 1.11. The average molecular weight is 280 g/mol. The number of aromatic nitrogens is 1. The van der Waals surface area contributed by atoms with Crippen molar-refractivity contribution in [2.45, 2.75) is 16.9 Å². The highest BCUT2D eigenvalue weighted by Gasteiger charge is 2.07. The van der Waals surface area contributed by atoms with E-state index in [0.717, 1.165) is 21.2 Å². The van der Waals surface area contributed by atoms with Gasteiger partial charge in [0, 0.05) is 5.75 Å². The molecule has 0 aliphatic carbocycles. The third-order valence-electron chi connectivity index (χ3n) is 2.34. The maximum atomic E-state index is 10.7. The number of rotatable bonds is 4. The van der Waals surface area contributed by atoms with E-state index in [1.807, 2.05) is 19.1 Å². The SMILES string of the molecule is Cc1nc(N)sc1SCc1ccc(C(=O)O)cc1. The van der Waals surface area contributed by atoms with Crippen molar-refractivity contribution in [3.05, 3.63) is 41.1 Å². The highest BCUT2D eigenvalue weighted by atomic mass is 32.2. The predicted octanol–water partition coefficient (Wildman–Crippen LogP) is 3.02. The van der Waals surface area contributed by atoms with Crippen molar-refractivity contribution in [1.29, 1.82) is 0 Å². The van der Waals surface area contributed by atoms with Gasteiger partial charge in [-0.15, -0.1) is 11.8 Å². The second kappa shape index (κ2) is 5.41. The van der Waals surface area contributed by atoms with Crippen molar-refractivity contribution in [3.63, 3.8) is 0 Å². The van der Waals surface area contributed by atoms with Crippen LogP contribution in [0.2, 0.25) is 0 Å². The molecule has 0 aliphatic heterocycles. The molecular weight excluding hydrogens is 268 g/mol. The van der Waals surface area contributed by atoms with Crippen LogP contribution in [-0.2, 0) is 5.75 Å². The molecule has 1 aromatic heterocycles. The molecule has 0 radical (unpaired) electrons. The largest absolute Gasteiger partial charge is 0.478 e. The van der Waals surface area contributed by atoms with Crippen LogP contribution >= 0.6 is 23.1 Å². The topological polar surface area (TPSA) is 76.2 Å². The number of nitrogen functional groups attached to an aromatic ring is 1. The number of aryl methyl sites for hydroxylation is 1. The first-order valence-electron chi connectivity index (χ1n) is 5.24. The molecule has 2 aromatic rings. The summed E-state index contributed by atoms with van der Waals surface area (Å²) in [5.74, 6) is -0.122. The second-order valence-corrected chi connectivity index (χ2v) is 5.99. The molecule has 0 saturated carbocycles. The Hall–Kier alpha value is -1.53. The summed E-state index contributed by atoms with van der Waals surface area (Å²) in [6.07, 6.45) is 0. The van der Waals surface area contributed by atoms with Gasteiger partial charge in [-0.1, -0.05) is 23.5 Å². The van der Waals surface area contributed by atoms with Crippen LogP contribution in [0.5, 0.6) is 0 Å². The van der Waals surface area contributed by atoms with E-state index < -0.39 is 5.97 Å². The number of hydrogen-bond donors (Lipinski definition) is 2. The van der Waals surface area contributed by atoms with Gasteiger partial charge in [-0.2, -0.15) is 0 Å². The molecular formula is C12H12N2O2S2. The third-order valence-corrected chi connectivity index (χ3v) is 4.76. The van der Waals surface area contributed by atoms with Crippen LogP contribution < -0.4 is 5.73 Å². The van der Waals surface area contributed by atoms with Crippen LogP contribution in [0.15, 0.2) is 28.5 Å². The van der Waals surface area contributed by atoms with Gasteiger partial charge >= 0.3 is 5.97 Å². The Kier molecular flexibility index (Phi) is 3.88. The molecule has 2 rings (SSSR count). The van der Waals surface area contributed by atoms with E-state index in [0.29, 0.717) is 10.7 Å². The molecule has 0 aliphatic rings. The minimum atomic E-state index is -0.903. The summed E-state index contributed by atoms with van der Waals surface area (Å²) in [6.45, 7) is 1.93. The number of anilines is 1. The van der Waals surface area contributed by atoms with Crippen molar-refractivity contribution in [2.24, 2.45) is 0 Å². The van der Waals surface area contributed by atoms with Crippen molar-refractivity contribution in [2.75, 3.05) is 5.73 Å².